The van der Waals surface area contributed by atoms with Crippen molar-refractivity contribution in [2.75, 3.05) is 0 Å². The molecule has 0 aliphatic heterocycles. The van der Waals surface area contributed by atoms with Crippen molar-refractivity contribution >= 4 is 5.91 Å². The Labute approximate surface area is 100 Å². The number of benzene rings is 1. The summed E-state index contributed by atoms with van der Waals surface area (Å²) in [5.74, 6) is 4.90. The first kappa shape index (κ1) is 11.4. The van der Waals surface area contributed by atoms with E-state index in [1.165, 1.54) is 0 Å². The Bertz CT molecular complexity index is 543. The number of nitrogens with zero attached hydrogens (tertiary/aromatic N) is 1. The molecule has 0 saturated carbocycles. The molecule has 0 aliphatic rings. The van der Waals surface area contributed by atoms with Gasteiger partial charge in [-0.15, -0.1) is 0 Å². The Kier molecular flexibility index (Phi) is 2.97. The maximum atomic E-state index is 11.6. The van der Waals surface area contributed by atoms with Gasteiger partial charge in [-0.25, -0.2) is 5.84 Å². The van der Waals surface area contributed by atoms with Gasteiger partial charge >= 0.3 is 0 Å². The average molecular weight is 229 g/mol. The van der Waals surface area contributed by atoms with Gasteiger partial charge < -0.3 is 4.57 Å². The number of carbonyl (C=O) groups excluding carboxylic acids is 1. The molecule has 1 aromatic carbocycles. The molecule has 1 heterocycles. The van der Waals surface area contributed by atoms with E-state index in [4.69, 9.17) is 5.84 Å². The van der Waals surface area contributed by atoms with Crippen LogP contribution in [0.25, 0.3) is 5.69 Å². The van der Waals surface area contributed by atoms with Crippen LogP contribution in [-0.4, -0.2) is 10.5 Å². The summed E-state index contributed by atoms with van der Waals surface area (Å²) in [5.41, 5.74) is 5.70. The minimum absolute atomic E-state index is 0.264. The summed E-state index contributed by atoms with van der Waals surface area (Å²) >= 11 is 0. The molecule has 2 aromatic rings. The fourth-order valence-corrected chi connectivity index (χ4v) is 2.04. The standard InChI is InChI=1S/C13H15N3O/c1-9-8-12(13(17)15-14)10(2)16(9)11-6-4-3-5-7-11/h3-8H,14H2,1-2H3,(H,15,17). The molecule has 88 valence electrons. The van der Waals surface area contributed by atoms with Crippen molar-refractivity contribution in [2.24, 2.45) is 5.84 Å². The summed E-state index contributed by atoms with van der Waals surface area (Å²) in [7, 11) is 0. The molecule has 17 heavy (non-hydrogen) atoms. The zero-order valence-electron chi connectivity index (χ0n) is 9.90. The molecule has 0 unspecified atom stereocenters. The van der Waals surface area contributed by atoms with Gasteiger partial charge in [0, 0.05) is 17.1 Å². The third-order valence-corrected chi connectivity index (χ3v) is 2.82. The van der Waals surface area contributed by atoms with Gasteiger partial charge in [0.05, 0.1) is 5.56 Å². The largest absolute Gasteiger partial charge is 0.318 e. The first-order valence-electron chi connectivity index (χ1n) is 5.40. The summed E-state index contributed by atoms with van der Waals surface area (Å²) in [6.45, 7) is 3.87. The van der Waals surface area contributed by atoms with Gasteiger partial charge in [0.15, 0.2) is 0 Å². The second-order valence-corrected chi connectivity index (χ2v) is 3.93. The Hall–Kier alpha value is -2.07. The van der Waals surface area contributed by atoms with Crippen LogP contribution in [0, 0.1) is 13.8 Å². The number of amides is 1. The number of aromatic nitrogens is 1. The number of rotatable bonds is 2. The lowest BCUT2D eigenvalue weighted by Gasteiger charge is -2.09. The molecule has 0 aliphatic carbocycles. The number of nitrogen functional groups attached to an aromatic ring is 1. The Balaban J connectivity index is 2.57. The van der Waals surface area contributed by atoms with Crippen molar-refractivity contribution in [2.45, 2.75) is 13.8 Å². The number of nitrogens with two attached hydrogens (primary N) is 1. The Morgan fingerprint density at radius 3 is 2.47 bits per heavy atom. The number of hydrazine groups is 1. The molecule has 0 bridgehead atoms. The summed E-state index contributed by atoms with van der Waals surface area (Å²) in [6, 6.07) is 11.7. The highest BCUT2D eigenvalue weighted by Gasteiger charge is 2.15. The van der Waals surface area contributed by atoms with E-state index in [0.29, 0.717) is 5.56 Å². The van der Waals surface area contributed by atoms with E-state index in [1.54, 1.807) is 0 Å². The molecule has 0 spiro atoms. The van der Waals surface area contributed by atoms with E-state index in [2.05, 4.69) is 5.43 Å². The zero-order chi connectivity index (χ0) is 12.4. The highest BCUT2D eigenvalue weighted by molar-refractivity contribution is 5.95. The third-order valence-electron chi connectivity index (χ3n) is 2.82. The maximum Gasteiger partial charge on any atom is 0.267 e. The number of hydrogen-bond donors (Lipinski definition) is 2. The topological polar surface area (TPSA) is 60.1 Å². The molecule has 0 radical (unpaired) electrons. The molecule has 4 heteroatoms. The number of carbonyl (C=O) groups is 1. The summed E-state index contributed by atoms with van der Waals surface area (Å²) in [6.07, 6.45) is 0. The first-order valence-corrected chi connectivity index (χ1v) is 5.40. The Morgan fingerprint density at radius 2 is 1.88 bits per heavy atom. The molecule has 4 nitrogen and oxygen atoms in total. The highest BCUT2D eigenvalue weighted by Crippen LogP contribution is 2.20. The van der Waals surface area contributed by atoms with Crippen molar-refractivity contribution in [3.05, 3.63) is 53.3 Å². The number of para-hydroxylation sites is 1. The fraction of sp³-hybridized carbons (Fsp3) is 0.154. The highest BCUT2D eigenvalue weighted by atomic mass is 16.2. The lowest BCUT2D eigenvalue weighted by molar-refractivity contribution is 0.0953. The van der Waals surface area contributed by atoms with Crippen molar-refractivity contribution in [1.82, 2.24) is 9.99 Å². The lowest BCUT2D eigenvalue weighted by atomic mass is 10.2. The molecule has 0 fully saturated rings. The molecular weight excluding hydrogens is 214 g/mol. The van der Waals surface area contributed by atoms with Gasteiger partial charge in [-0.1, -0.05) is 18.2 Å². The summed E-state index contributed by atoms with van der Waals surface area (Å²) in [4.78, 5) is 11.6. The van der Waals surface area contributed by atoms with Crippen LogP contribution in [0.4, 0.5) is 0 Å². The number of aryl methyl sites for hydroxylation is 1. The zero-order valence-corrected chi connectivity index (χ0v) is 9.90. The minimum atomic E-state index is -0.264. The van der Waals surface area contributed by atoms with Gasteiger partial charge in [0.1, 0.15) is 0 Å². The summed E-state index contributed by atoms with van der Waals surface area (Å²) < 4.78 is 2.03. The molecular formula is C13H15N3O. The van der Waals surface area contributed by atoms with E-state index in [0.717, 1.165) is 17.1 Å². The summed E-state index contributed by atoms with van der Waals surface area (Å²) in [5, 5.41) is 0. The molecule has 1 aromatic heterocycles. The molecule has 2 rings (SSSR count). The van der Waals surface area contributed by atoms with Crippen molar-refractivity contribution in [1.29, 1.82) is 0 Å². The van der Waals surface area contributed by atoms with Gasteiger partial charge in [-0.3, -0.25) is 10.2 Å². The van der Waals surface area contributed by atoms with E-state index < -0.39 is 0 Å². The van der Waals surface area contributed by atoms with Gasteiger partial charge in [-0.05, 0) is 32.0 Å². The van der Waals surface area contributed by atoms with Crippen LogP contribution in [0.1, 0.15) is 21.7 Å². The van der Waals surface area contributed by atoms with Gasteiger partial charge in [-0.2, -0.15) is 0 Å². The van der Waals surface area contributed by atoms with Crippen molar-refractivity contribution in [3.63, 3.8) is 0 Å². The second-order valence-electron chi connectivity index (χ2n) is 3.93. The van der Waals surface area contributed by atoms with Gasteiger partial charge in [0.2, 0.25) is 0 Å². The fourth-order valence-electron chi connectivity index (χ4n) is 2.04. The molecule has 3 N–H and O–H groups in total. The normalized spacial score (nSPS) is 10.3. The van der Waals surface area contributed by atoms with Crippen LogP contribution in [0.3, 0.4) is 0 Å². The van der Waals surface area contributed by atoms with Crippen LogP contribution < -0.4 is 11.3 Å². The van der Waals surface area contributed by atoms with Crippen LogP contribution >= 0.6 is 0 Å². The molecule has 1 amide bonds. The predicted molar refractivity (Wildman–Crippen MR) is 66.9 cm³/mol. The number of hydrogen-bond acceptors (Lipinski definition) is 2. The average Bonchev–Trinajstić information content (AvgIpc) is 2.65. The van der Waals surface area contributed by atoms with E-state index in [-0.39, 0.29) is 5.91 Å². The Morgan fingerprint density at radius 1 is 1.24 bits per heavy atom. The van der Waals surface area contributed by atoms with Gasteiger partial charge in [0.25, 0.3) is 5.91 Å². The van der Waals surface area contributed by atoms with Crippen molar-refractivity contribution < 1.29 is 4.79 Å². The number of nitrogens with one attached hydrogen (secondary N) is 1. The molecule has 0 atom stereocenters. The van der Waals surface area contributed by atoms with Crippen LogP contribution in [0.5, 0.6) is 0 Å². The van der Waals surface area contributed by atoms with Crippen LogP contribution in [-0.2, 0) is 0 Å². The van der Waals surface area contributed by atoms with Crippen LogP contribution in [0.2, 0.25) is 0 Å². The smallest absolute Gasteiger partial charge is 0.267 e. The monoisotopic (exact) mass is 229 g/mol. The minimum Gasteiger partial charge on any atom is -0.318 e. The van der Waals surface area contributed by atoms with Crippen molar-refractivity contribution in [3.8, 4) is 5.69 Å². The molecule has 0 saturated heterocycles. The second kappa shape index (κ2) is 4.43. The van der Waals surface area contributed by atoms with E-state index >= 15 is 0 Å². The third kappa shape index (κ3) is 1.94. The van der Waals surface area contributed by atoms with Crippen LogP contribution in [0.15, 0.2) is 36.4 Å². The SMILES string of the molecule is Cc1cc(C(=O)NN)c(C)n1-c1ccccc1. The van der Waals surface area contributed by atoms with E-state index in [1.807, 2.05) is 54.8 Å². The predicted octanol–water partition coefficient (Wildman–Crippen LogP) is 1.70. The first-order chi connectivity index (χ1) is 8.15. The maximum absolute atomic E-state index is 11.6. The van der Waals surface area contributed by atoms with E-state index in [9.17, 15) is 4.79 Å². The lowest BCUT2D eigenvalue weighted by Crippen LogP contribution is -2.30. The quantitative estimate of drug-likeness (QED) is 0.468.